The molecule has 1 rings (SSSR count). The zero-order valence-electron chi connectivity index (χ0n) is 5.19. The van der Waals surface area contributed by atoms with E-state index in [4.69, 9.17) is 11.6 Å². The van der Waals surface area contributed by atoms with Gasteiger partial charge in [-0.3, -0.25) is 0 Å². The summed E-state index contributed by atoms with van der Waals surface area (Å²) >= 11 is 5.61. The summed E-state index contributed by atoms with van der Waals surface area (Å²) in [5, 5.41) is 0.801. The predicted molar refractivity (Wildman–Crippen MR) is 39.8 cm³/mol. The van der Waals surface area contributed by atoms with Gasteiger partial charge in [-0.25, -0.2) is 0 Å². The van der Waals surface area contributed by atoms with E-state index in [1.165, 1.54) is 5.56 Å². The average molecular weight is 145 g/mol. The van der Waals surface area contributed by atoms with Crippen molar-refractivity contribution < 1.29 is 5.48 Å². The zero-order valence-corrected chi connectivity index (χ0v) is 5.94. The van der Waals surface area contributed by atoms with E-state index in [2.05, 4.69) is 0 Å². The van der Waals surface area contributed by atoms with Gasteiger partial charge in [0, 0.05) is 5.02 Å². The molecule has 0 fully saturated rings. The molecule has 0 aliphatic heterocycles. The fraction of sp³-hybridized carbons (Fsp3) is 0.143. The number of benzene rings is 1. The number of halogens is 1. The molecule has 2 heteroatoms. The molecule has 0 atom stereocenters. The molecule has 0 aliphatic carbocycles. The van der Waals surface area contributed by atoms with Crippen molar-refractivity contribution >= 4 is 11.6 Å². The molecule has 50 valence electrons. The molecular formula is C7H9ClO. The van der Waals surface area contributed by atoms with Crippen LogP contribution >= 0.6 is 11.6 Å². The van der Waals surface area contributed by atoms with Gasteiger partial charge in [-0.1, -0.05) is 29.3 Å². The van der Waals surface area contributed by atoms with E-state index in [9.17, 15) is 0 Å². The van der Waals surface area contributed by atoms with Crippen molar-refractivity contribution in [2.45, 2.75) is 6.92 Å². The summed E-state index contributed by atoms with van der Waals surface area (Å²) in [5.74, 6) is 0. The largest absolute Gasteiger partial charge is 0.412 e. The van der Waals surface area contributed by atoms with Crippen molar-refractivity contribution in [1.29, 1.82) is 0 Å². The van der Waals surface area contributed by atoms with Crippen LogP contribution in [0.3, 0.4) is 0 Å². The highest BCUT2D eigenvalue weighted by Gasteiger charge is 1.81. The van der Waals surface area contributed by atoms with Gasteiger partial charge in [-0.2, -0.15) is 0 Å². The van der Waals surface area contributed by atoms with E-state index in [1.54, 1.807) is 0 Å². The topological polar surface area (TPSA) is 31.5 Å². The first kappa shape index (κ1) is 8.47. The minimum Gasteiger partial charge on any atom is -0.412 e. The molecule has 9 heavy (non-hydrogen) atoms. The molecule has 1 nitrogen and oxygen atoms in total. The fourth-order valence-corrected chi connectivity index (χ4v) is 0.659. The van der Waals surface area contributed by atoms with Crippen molar-refractivity contribution in [2.24, 2.45) is 0 Å². The van der Waals surface area contributed by atoms with Crippen molar-refractivity contribution in [2.75, 3.05) is 0 Å². The van der Waals surface area contributed by atoms with E-state index < -0.39 is 0 Å². The second-order valence-electron chi connectivity index (χ2n) is 1.80. The third-order valence-electron chi connectivity index (χ3n) is 1.01. The SMILES string of the molecule is Cc1ccc(Cl)cc1.O. The molecule has 1 aromatic rings. The van der Waals surface area contributed by atoms with Crippen molar-refractivity contribution in [1.82, 2.24) is 0 Å². The molecule has 0 saturated carbocycles. The molecule has 0 saturated heterocycles. The Morgan fingerprint density at radius 1 is 1.11 bits per heavy atom. The maximum Gasteiger partial charge on any atom is 0.0406 e. The summed E-state index contributed by atoms with van der Waals surface area (Å²) in [5.41, 5.74) is 1.24. The average Bonchev–Trinajstić information content (AvgIpc) is 1.77. The van der Waals surface area contributed by atoms with Gasteiger partial charge < -0.3 is 5.48 Å². The number of hydrogen-bond donors (Lipinski definition) is 0. The van der Waals surface area contributed by atoms with Gasteiger partial charge in [-0.15, -0.1) is 0 Å². The first-order valence-corrected chi connectivity index (χ1v) is 2.89. The van der Waals surface area contributed by atoms with Crippen LogP contribution in [-0.4, -0.2) is 5.48 Å². The lowest BCUT2D eigenvalue weighted by molar-refractivity contribution is 0.824. The predicted octanol–water partition coefficient (Wildman–Crippen LogP) is 1.82. The van der Waals surface area contributed by atoms with Crippen LogP contribution in [0.2, 0.25) is 5.02 Å². The summed E-state index contributed by atoms with van der Waals surface area (Å²) in [6.45, 7) is 2.04. The second-order valence-corrected chi connectivity index (χ2v) is 2.23. The van der Waals surface area contributed by atoms with Gasteiger partial charge >= 0.3 is 0 Å². The highest BCUT2D eigenvalue weighted by atomic mass is 35.5. The minimum atomic E-state index is 0. The van der Waals surface area contributed by atoms with E-state index >= 15 is 0 Å². The third-order valence-corrected chi connectivity index (χ3v) is 1.26. The molecule has 0 heterocycles. The van der Waals surface area contributed by atoms with E-state index in [0.29, 0.717) is 0 Å². The smallest absolute Gasteiger partial charge is 0.0406 e. The lowest BCUT2D eigenvalue weighted by Gasteiger charge is -1.88. The molecule has 1 aromatic carbocycles. The van der Waals surface area contributed by atoms with Gasteiger partial charge in [0.1, 0.15) is 0 Å². The minimum absolute atomic E-state index is 0. The number of aryl methyl sites for hydroxylation is 1. The molecule has 0 unspecified atom stereocenters. The van der Waals surface area contributed by atoms with Gasteiger partial charge in [0.2, 0.25) is 0 Å². The quantitative estimate of drug-likeness (QED) is 0.532. The molecule has 0 bridgehead atoms. The van der Waals surface area contributed by atoms with Crippen LogP contribution in [0.15, 0.2) is 24.3 Å². The van der Waals surface area contributed by atoms with Crippen LogP contribution in [0.4, 0.5) is 0 Å². The van der Waals surface area contributed by atoms with Crippen LogP contribution in [0.25, 0.3) is 0 Å². The van der Waals surface area contributed by atoms with Crippen LogP contribution in [0, 0.1) is 6.92 Å². The van der Waals surface area contributed by atoms with Crippen molar-refractivity contribution in [3.8, 4) is 0 Å². The van der Waals surface area contributed by atoms with Crippen LogP contribution in [0.1, 0.15) is 5.56 Å². The maximum atomic E-state index is 5.61. The van der Waals surface area contributed by atoms with E-state index in [0.717, 1.165) is 5.02 Å². The summed E-state index contributed by atoms with van der Waals surface area (Å²) in [6, 6.07) is 7.75. The van der Waals surface area contributed by atoms with Gasteiger partial charge in [0.15, 0.2) is 0 Å². The third kappa shape index (κ3) is 2.49. The van der Waals surface area contributed by atoms with Crippen LogP contribution in [-0.2, 0) is 0 Å². The number of rotatable bonds is 0. The Morgan fingerprint density at radius 2 is 1.56 bits per heavy atom. The second kappa shape index (κ2) is 3.49. The summed E-state index contributed by atoms with van der Waals surface area (Å²) in [6.07, 6.45) is 0. The Labute approximate surface area is 59.6 Å². The Bertz CT molecular complexity index is 148. The standard InChI is InChI=1S/C7H7Cl.H2O/c1-6-2-4-7(8)5-3-6;/h2-5H,1H3;1H2. The molecule has 0 aromatic heterocycles. The molecule has 0 amide bonds. The summed E-state index contributed by atoms with van der Waals surface area (Å²) in [7, 11) is 0. The van der Waals surface area contributed by atoms with E-state index in [1.807, 2.05) is 31.2 Å². The highest BCUT2D eigenvalue weighted by molar-refractivity contribution is 6.30. The summed E-state index contributed by atoms with van der Waals surface area (Å²) < 4.78 is 0. The Hall–Kier alpha value is -0.530. The lowest BCUT2D eigenvalue weighted by atomic mass is 10.2. The maximum absolute atomic E-state index is 5.61. The highest BCUT2D eigenvalue weighted by Crippen LogP contribution is 2.07. The molecule has 2 N–H and O–H groups in total. The van der Waals surface area contributed by atoms with Gasteiger partial charge in [0.25, 0.3) is 0 Å². The first-order valence-electron chi connectivity index (χ1n) is 2.51. The monoisotopic (exact) mass is 144 g/mol. The van der Waals surface area contributed by atoms with E-state index in [-0.39, 0.29) is 5.48 Å². The van der Waals surface area contributed by atoms with Gasteiger partial charge in [-0.05, 0) is 19.1 Å². The Morgan fingerprint density at radius 3 is 1.89 bits per heavy atom. The van der Waals surface area contributed by atoms with Crippen molar-refractivity contribution in [3.05, 3.63) is 34.9 Å². The molecular weight excluding hydrogens is 136 g/mol. The first-order chi connectivity index (χ1) is 3.79. The van der Waals surface area contributed by atoms with Gasteiger partial charge in [0.05, 0.1) is 0 Å². The zero-order chi connectivity index (χ0) is 5.98. The lowest BCUT2D eigenvalue weighted by Crippen LogP contribution is -1.66. The summed E-state index contributed by atoms with van der Waals surface area (Å²) in [4.78, 5) is 0. The van der Waals surface area contributed by atoms with Crippen LogP contribution < -0.4 is 0 Å². The fourth-order valence-electron chi connectivity index (χ4n) is 0.533. The number of hydrogen-bond acceptors (Lipinski definition) is 0. The molecule has 0 aliphatic rings. The molecule has 0 spiro atoms. The van der Waals surface area contributed by atoms with Crippen LogP contribution in [0.5, 0.6) is 0 Å². The Balaban J connectivity index is 0.000000640. The normalized spacial score (nSPS) is 8.22. The van der Waals surface area contributed by atoms with Crippen molar-refractivity contribution in [3.63, 3.8) is 0 Å². The molecule has 0 radical (unpaired) electrons. The Kier molecular flexibility index (Phi) is 3.28.